The van der Waals surface area contributed by atoms with Gasteiger partial charge in [0, 0.05) is 17.0 Å². The topological polar surface area (TPSA) is 77.4 Å². The Balaban J connectivity index is 1.65. The van der Waals surface area contributed by atoms with Gasteiger partial charge in [-0.2, -0.15) is 5.26 Å². The van der Waals surface area contributed by atoms with Crippen LogP contribution < -0.4 is 9.47 Å². The van der Waals surface area contributed by atoms with Gasteiger partial charge < -0.3 is 18.5 Å². The molecule has 0 radical (unpaired) electrons. The van der Waals surface area contributed by atoms with E-state index in [9.17, 15) is 10.1 Å². The third kappa shape index (κ3) is 3.19. The Morgan fingerprint density at radius 3 is 2.79 bits per heavy atom. The zero-order chi connectivity index (χ0) is 19.7. The first-order valence-corrected chi connectivity index (χ1v) is 8.82. The Labute approximate surface area is 162 Å². The number of hydrogen-bond donors (Lipinski definition) is 0. The molecule has 1 aromatic carbocycles. The van der Waals surface area contributed by atoms with Crippen molar-refractivity contribution in [1.29, 1.82) is 5.26 Å². The monoisotopic (exact) mass is 374 g/mol. The summed E-state index contributed by atoms with van der Waals surface area (Å²) in [7, 11) is 0. The maximum absolute atomic E-state index is 12.8. The van der Waals surface area contributed by atoms with Gasteiger partial charge in [0.2, 0.25) is 12.6 Å². The summed E-state index contributed by atoms with van der Waals surface area (Å²) in [5, 5.41) is 9.57. The van der Waals surface area contributed by atoms with E-state index in [0.29, 0.717) is 23.6 Å². The molecule has 0 saturated heterocycles. The van der Waals surface area contributed by atoms with Crippen LogP contribution in [0.3, 0.4) is 0 Å². The second kappa shape index (κ2) is 7.12. The molecule has 0 saturated carbocycles. The number of furan rings is 1. The van der Waals surface area contributed by atoms with Crippen LogP contribution in [-0.4, -0.2) is 17.1 Å². The molecule has 0 fully saturated rings. The number of carbonyl (C=O) groups is 1. The van der Waals surface area contributed by atoms with Crippen molar-refractivity contribution in [3.63, 3.8) is 0 Å². The third-order valence-electron chi connectivity index (χ3n) is 4.81. The Morgan fingerprint density at radius 1 is 1.21 bits per heavy atom. The van der Waals surface area contributed by atoms with E-state index in [-0.39, 0.29) is 18.1 Å². The molecule has 1 aliphatic heterocycles. The van der Waals surface area contributed by atoms with E-state index in [1.165, 1.54) is 0 Å². The highest BCUT2D eigenvalue weighted by molar-refractivity contribution is 6.14. The number of aromatic nitrogens is 1. The van der Waals surface area contributed by atoms with E-state index in [4.69, 9.17) is 13.9 Å². The van der Waals surface area contributed by atoms with Crippen LogP contribution in [0.2, 0.25) is 0 Å². The molecule has 0 N–H and O–H groups in total. The van der Waals surface area contributed by atoms with Gasteiger partial charge in [-0.15, -0.1) is 0 Å². The maximum Gasteiger partial charge on any atom is 0.231 e. The fraction of sp³-hybridized carbons (Fsp3) is 0.182. The molecule has 0 amide bonds. The molecule has 2 aromatic heterocycles. The molecule has 0 bridgehead atoms. The summed E-state index contributed by atoms with van der Waals surface area (Å²) in [5.74, 6) is 1.60. The van der Waals surface area contributed by atoms with Crippen LogP contribution in [-0.2, 0) is 6.54 Å². The molecule has 3 heterocycles. The van der Waals surface area contributed by atoms with Crippen molar-refractivity contribution in [3.8, 4) is 17.6 Å². The molecule has 6 nitrogen and oxygen atoms in total. The van der Waals surface area contributed by atoms with E-state index < -0.39 is 0 Å². The SMILES string of the molecule is Cc1cc(/C=C(/C#N)C(=O)c2ccc3c(c2)OCO3)c(C)n1Cc1ccco1. The summed E-state index contributed by atoms with van der Waals surface area (Å²) in [6, 6.07) is 12.7. The summed E-state index contributed by atoms with van der Waals surface area (Å²) in [6.07, 6.45) is 3.27. The molecule has 0 spiro atoms. The minimum atomic E-state index is -0.350. The molecule has 0 atom stereocenters. The molecule has 0 aliphatic carbocycles. The quantitative estimate of drug-likeness (QED) is 0.379. The van der Waals surface area contributed by atoms with Crippen LogP contribution in [0.15, 0.2) is 52.7 Å². The Bertz CT molecular complexity index is 1110. The second-order valence-corrected chi connectivity index (χ2v) is 6.56. The van der Waals surface area contributed by atoms with E-state index in [2.05, 4.69) is 4.57 Å². The average molecular weight is 374 g/mol. The van der Waals surface area contributed by atoms with E-state index >= 15 is 0 Å². The van der Waals surface area contributed by atoms with Gasteiger partial charge in [-0.05, 0) is 61.9 Å². The van der Waals surface area contributed by atoms with E-state index in [1.54, 1.807) is 30.5 Å². The number of Topliss-reactive ketones (excluding diaryl/α,β-unsaturated/α-hetero) is 1. The largest absolute Gasteiger partial charge is 0.467 e. The van der Waals surface area contributed by atoms with Gasteiger partial charge in [-0.3, -0.25) is 4.79 Å². The van der Waals surface area contributed by atoms with Crippen molar-refractivity contribution in [2.75, 3.05) is 6.79 Å². The van der Waals surface area contributed by atoms with Crippen molar-refractivity contribution in [1.82, 2.24) is 4.57 Å². The van der Waals surface area contributed by atoms with E-state index in [1.807, 2.05) is 38.1 Å². The molecular formula is C22H18N2O4. The molecule has 6 heteroatoms. The zero-order valence-corrected chi connectivity index (χ0v) is 15.6. The van der Waals surface area contributed by atoms with Gasteiger partial charge in [0.1, 0.15) is 17.4 Å². The lowest BCUT2D eigenvalue weighted by Crippen LogP contribution is -2.04. The predicted octanol–water partition coefficient (Wildman–Crippen LogP) is 4.26. The van der Waals surface area contributed by atoms with Crippen molar-refractivity contribution in [3.05, 3.63) is 76.5 Å². The van der Waals surface area contributed by atoms with Gasteiger partial charge in [0.15, 0.2) is 11.5 Å². The third-order valence-corrected chi connectivity index (χ3v) is 4.81. The van der Waals surface area contributed by atoms with Gasteiger partial charge >= 0.3 is 0 Å². The number of ketones is 1. The molecule has 3 aromatic rings. The van der Waals surface area contributed by atoms with Crippen molar-refractivity contribution in [2.24, 2.45) is 0 Å². The number of nitriles is 1. The molecule has 4 rings (SSSR count). The van der Waals surface area contributed by atoms with Crippen LogP contribution in [0.4, 0.5) is 0 Å². The summed E-state index contributed by atoms with van der Waals surface area (Å²) in [5.41, 5.74) is 3.27. The summed E-state index contributed by atoms with van der Waals surface area (Å²) in [4.78, 5) is 12.8. The number of hydrogen-bond acceptors (Lipinski definition) is 5. The lowest BCUT2D eigenvalue weighted by Gasteiger charge is -2.07. The van der Waals surface area contributed by atoms with Crippen LogP contribution in [0.1, 0.15) is 33.1 Å². The number of fused-ring (bicyclic) bond motifs is 1. The van der Waals surface area contributed by atoms with Gasteiger partial charge in [-0.1, -0.05) is 0 Å². The lowest BCUT2D eigenvalue weighted by atomic mass is 10.0. The first kappa shape index (κ1) is 17.7. The highest BCUT2D eigenvalue weighted by Crippen LogP contribution is 2.33. The Morgan fingerprint density at radius 2 is 2.04 bits per heavy atom. The first-order valence-electron chi connectivity index (χ1n) is 8.82. The number of benzene rings is 1. The highest BCUT2D eigenvalue weighted by atomic mass is 16.7. The van der Waals surface area contributed by atoms with Crippen LogP contribution >= 0.6 is 0 Å². The summed E-state index contributed by atoms with van der Waals surface area (Å²) >= 11 is 0. The van der Waals surface area contributed by atoms with Crippen molar-refractivity contribution < 1.29 is 18.7 Å². The van der Waals surface area contributed by atoms with Crippen molar-refractivity contribution in [2.45, 2.75) is 20.4 Å². The van der Waals surface area contributed by atoms with Crippen LogP contribution in [0.5, 0.6) is 11.5 Å². The van der Waals surface area contributed by atoms with E-state index in [0.717, 1.165) is 22.7 Å². The molecule has 1 aliphatic rings. The van der Waals surface area contributed by atoms with Gasteiger partial charge in [0.25, 0.3) is 0 Å². The zero-order valence-electron chi connectivity index (χ0n) is 15.6. The predicted molar refractivity (Wildman–Crippen MR) is 102 cm³/mol. The first-order chi connectivity index (χ1) is 13.6. The molecule has 28 heavy (non-hydrogen) atoms. The maximum atomic E-state index is 12.8. The molecular weight excluding hydrogens is 356 g/mol. The molecule has 140 valence electrons. The smallest absolute Gasteiger partial charge is 0.231 e. The second-order valence-electron chi connectivity index (χ2n) is 6.56. The normalized spacial score (nSPS) is 12.8. The molecule has 0 unspecified atom stereocenters. The number of ether oxygens (including phenoxy) is 2. The van der Waals surface area contributed by atoms with Crippen LogP contribution in [0.25, 0.3) is 6.08 Å². The Hall–Kier alpha value is -3.72. The Kier molecular flexibility index (Phi) is 4.50. The number of rotatable bonds is 5. The lowest BCUT2D eigenvalue weighted by molar-refractivity contribution is 0.103. The minimum absolute atomic E-state index is 0.0668. The average Bonchev–Trinajstić information content (AvgIpc) is 3.43. The number of nitrogens with zero attached hydrogens (tertiary/aromatic N) is 2. The minimum Gasteiger partial charge on any atom is -0.467 e. The number of aryl methyl sites for hydroxylation is 1. The number of allylic oxidation sites excluding steroid dienone is 1. The highest BCUT2D eigenvalue weighted by Gasteiger charge is 2.19. The summed E-state index contributed by atoms with van der Waals surface area (Å²) < 4.78 is 18.1. The van der Waals surface area contributed by atoms with Gasteiger partial charge in [0.05, 0.1) is 12.8 Å². The number of carbonyl (C=O) groups excluding carboxylic acids is 1. The fourth-order valence-electron chi connectivity index (χ4n) is 3.27. The fourth-order valence-corrected chi connectivity index (χ4v) is 3.27. The van der Waals surface area contributed by atoms with Crippen LogP contribution in [0, 0.1) is 25.2 Å². The standard InChI is InChI=1S/C22H18N2O4/c1-14-8-17(15(2)24(14)12-19-4-3-7-26-19)9-18(11-23)22(25)16-5-6-20-21(10-16)28-13-27-20/h3-10H,12-13H2,1-2H3/b18-9-. The van der Waals surface area contributed by atoms with Crippen molar-refractivity contribution >= 4 is 11.9 Å². The summed E-state index contributed by atoms with van der Waals surface area (Å²) in [6.45, 7) is 4.67. The van der Waals surface area contributed by atoms with Gasteiger partial charge in [-0.25, -0.2) is 0 Å².